The first-order chi connectivity index (χ1) is 14.4. The van der Waals surface area contributed by atoms with E-state index in [2.05, 4.69) is 20.3 Å². The highest BCUT2D eigenvalue weighted by Crippen LogP contribution is 2.29. The number of halogens is 1. The fraction of sp³-hybridized carbons (Fsp3) is 0.273. The normalized spacial score (nSPS) is 10.9. The summed E-state index contributed by atoms with van der Waals surface area (Å²) in [6.07, 6.45) is 5.34. The molecule has 0 bridgehead atoms. The summed E-state index contributed by atoms with van der Waals surface area (Å²) in [5, 5.41) is 3.95. The van der Waals surface area contributed by atoms with Gasteiger partial charge in [0.15, 0.2) is 0 Å². The van der Waals surface area contributed by atoms with Crippen LogP contribution in [0.2, 0.25) is 5.02 Å². The van der Waals surface area contributed by atoms with Gasteiger partial charge in [-0.1, -0.05) is 31.5 Å². The average Bonchev–Trinajstić information content (AvgIpc) is 2.73. The van der Waals surface area contributed by atoms with Gasteiger partial charge in [0.05, 0.1) is 16.3 Å². The van der Waals surface area contributed by atoms with Crippen molar-refractivity contribution in [3.63, 3.8) is 0 Å². The predicted molar refractivity (Wildman–Crippen MR) is 121 cm³/mol. The molecule has 0 aliphatic carbocycles. The van der Waals surface area contributed by atoms with Crippen LogP contribution in [-0.4, -0.2) is 27.1 Å². The maximum atomic E-state index is 12.9. The number of nitrogens with zero attached hydrogens (tertiary/aromatic N) is 3. The molecule has 1 amide bonds. The van der Waals surface area contributed by atoms with Crippen LogP contribution in [-0.2, 0) is 6.61 Å². The monoisotopic (exact) mass is 442 g/mol. The standard InChI is InChI=1S/C22H23ClN4O2S/c1-13(2)20-25-14(3)19(22(27-20)30-4)21(28)26-16-7-8-18(17(23)10-16)29-12-15-6-5-9-24-11-15/h5-11,13H,12H2,1-4H3,(H,26,28). The highest BCUT2D eigenvalue weighted by Gasteiger charge is 2.20. The minimum Gasteiger partial charge on any atom is -0.487 e. The van der Waals surface area contributed by atoms with E-state index in [0.29, 0.717) is 39.3 Å². The van der Waals surface area contributed by atoms with E-state index in [0.717, 1.165) is 11.4 Å². The number of anilines is 1. The molecule has 8 heteroatoms. The molecule has 0 aliphatic rings. The molecule has 0 aliphatic heterocycles. The summed E-state index contributed by atoms with van der Waals surface area (Å²) < 4.78 is 5.75. The van der Waals surface area contributed by atoms with Crippen molar-refractivity contribution in [3.05, 3.63) is 70.4 Å². The third-order valence-corrected chi connectivity index (χ3v) is 5.30. The first kappa shape index (κ1) is 22.1. The number of hydrogen-bond donors (Lipinski definition) is 1. The number of ether oxygens (including phenoxy) is 1. The van der Waals surface area contributed by atoms with Gasteiger partial charge in [-0.25, -0.2) is 9.97 Å². The van der Waals surface area contributed by atoms with Crippen LogP contribution in [0.4, 0.5) is 5.69 Å². The summed E-state index contributed by atoms with van der Waals surface area (Å²) in [6, 6.07) is 8.92. The molecule has 6 nitrogen and oxygen atoms in total. The fourth-order valence-corrected chi connectivity index (χ4v) is 3.63. The second kappa shape index (κ2) is 9.91. The molecule has 0 fully saturated rings. The Balaban J connectivity index is 1.75. The third-order valence-electron chi connectivity index (χ3n) is 4.32. The maximum Gasteiger partial charge on any atom is 0.260 e. The lowest BCUT2D eigenvalue weighted by atomic mass is 10.1. The van der Waals surface area contributed by atoms with Gasteiger partial charge in [0.2, 0.25) is 0 Å². The molecule has 2 aromatic heterocycles. The van der Waals surface area contributed by atoms with Gasteiger partial charge in [-0.15, -0.1) is 11.8 Å². The van der Waals surface area contributed by atoms with Crippen LogP contribution in [0.25, 0.3) is 0 Å². The van der Waals surface area contributed by atoms with Gasteiger partial charge in [0.25, 0.3) is 5.91 Å². The molecule has 3 rings (SSSR count). The van der Waals surface area contributed by atoms with Gasteiger partial charge in [0.1, 0.15) is 23.2 Å². The van der Waals surface area contributed by atoms with Crippen LogP contribution in [0.15, 0.2) is 47.8 Å². The lowest BCUT2D eigenvalue weighted by Gasteiger charge is -2.14. The maximum absolute atomic E-state index is 12.9. The van der Waals surface area contributed by atoms with E-state index in [1.807, 2.05) is 39.2 Å². The molecule has 1 N–H and O–H groups in total. The minimum atomic E-state index is -0.271. The molecular weight excluding hydrogens is 420 g/mol. The van der Waals surface area contributed by atoms with Crippen LogP contribution < -0.4 is 10.1 Å². The molecule has 0 saturated heterocycles. The van der Waals surface area contributed by atoms with E-state index in [1.165, 1.54) is 11.8 Å². The summed E-state index contributed by atoms with van der Waals surface area (Å²) in [5.74, 6) is 1.17. The van der Waals surface area contributed by atoms with Gasteiger partial charge < -0.3 is 10.1 Å². The van der Waals surface area contributed by atoms with Gasteiger partial charge in [-0.05, 0) is 37.4 Å². The Hall–Kier alpha value is -2.64. The minimum absolute atomic E-state index is 0.185. The number of aryl methyl sites for hydroxylation is 1. The molecule has 0 spiro atoms. The first-order valence-electron chi connectivity index (χ1n) is 9.44. The van der Waals surface area contributed by atoms with Crippen molar-refractivity contribution in [2.24, 2.45) is 0 Å². The number of pyridine rings is 1. The second-order valence-corrected chi connectivity index (χ2v) is 8.16. The zero-order valence-electron chi connectivity index (χ0n) is 17.3. The zero-order chi connectivity index (χ0) is 21.7. The Morgan fingerprint density at radius 2 is 2.07 bits per heavy atom. The Bertz CT molecular complexity index is 1040. The van der Waals surface area contributed by atoms with Crippen molar-refractivity contribution >= 4 is 35.0 Å². The SMILES string of the molecule is CSc1nc(C(C)C)nc(C)c1C(=O)Nc1ccc(OCc2cccnc2)c(Cl)c1. The molecule has 156 valence electrons. The van der Waals surface area contributed by atoms with Crippen LogP contribution in [0.3, 0.4) is 0 Å². The number of carbonyl (C=O) groups is 1. The topological polar surface area (TPSA) is 77.0 Å². The summed E-state index contributed by atoms with van der Waals surface area (Å²) in [6.45, 7) is 6.23. The highest BCUT2D eigenvalue weighted by atomic mass is 35.5. The third kappa shape index (κ3) is 5.29. The van der Waals surface area contributed by atoms with E-state index < -0.39 is 0 Å². The first-order valence-corrected chi connectivity index (χ1v) is 11.0. The van der Waals surface area contributed by atoms with Crippen LogP contribution >= 0.6 is 23.4 Å². The van der Waals surface area contributed by atoms with Crippen LogP contribution in [0.5, 0.6) is 5.75 Å². The van der Waals surface area contributed by atoms with Crippen molar-refractivity contribution < 1.29 is 9.53 Å². The van der Waals surface area contributed by atoms with E-state index in [1.54, 1.807) is 30.6 Å². The Morgan fingerprint density at radius 3 is 2.70 bits per heavy atom. The molecule has 30 heavy (non-hydrogen) atoms. The second-order valence-electron chi connectivity index (χ2n) is 6.96. The number of rotatable bonds is 7. The lowest BCUT2D eigenvalue weighted by molar-refractivity contribution is 0.102. The van der Waals surface area contributed by atoms with Crippen molar-refractivity contribution in [1.29, 1.82) is 0 Å². The summed E-state index contributed by atoms with van der Waals surface area (Å²) in [4.78, 5) is 26.0. The quantitative estimate of drug-likeness (QED) is 0.384. The number of benzene rings is 1. The summed E-state index contributed by atoms with van der Waals surface area (Å²) >= 11 is 7.78. The van der Waals surface area contributed by atoms with Crippen molar-refractivity contribution in [2.75, 3.05) is 11.6 Å². The van der Waals surface area contributed by atoms with Crippen molar-refractivity contribution in [2.45, 2.75) is 38.3 Å². The Kier molecular flexibility index (Phi) is 7.29. The van der Waals surface area contributed by atoms with Gasteiger partial charge in [-0.3, -0.25) is 9.78 Å². The summed E-state index contributed by atoms with van der Waals surface area (Å²) in [7, 11) is 0. The molecule has 2 heterocycles. The van der Waals surface area contributed by atoms with E-state index in [9.17, 15) is 4.79 Å². The van der Waals surface area contributed by atoms with Crippen LogP contribution in [0.1, 0.15) is 47.2 Å². The molecule has 0 unspecified atom stereocenters. The zero-order valence-corrected chi connectivity index (χ0v) is 18.8. The van der Waals surface area contributed by atoms with E-state index >= 15 is 0 Å². The number of amides is 1. The predicted octanol–water partition coefficient (Wildman–Crippen LogP) is 5.51. The molecule has 3 aromatic rings. The van der Waals surface area contributed by atoms with Gasteiger partial charge >= 0.3 is 0 Å². The Labute approximate surface area is 185 Å². The van der Waals surface area contributed by atoms with E-state index in [4.69, 9.17) is 16.3 Å². The van der Waals surface area contributed by atoms with Crippen molar-refractivity contribution in [3.8, 4) is 5.75 Å². The number of nitrogens with one attached hydrogen (secondary N) is 1. The number of aromatic nitrogens is 3. The van der Waals surface area contributed by atoms with E-state index in [-0.39, 0.29) is 11.8 Å². The lowest BCUT2D eigenvalue weighted by Crippen LogP contribution is -2.18. The number of carbonyl (C=O) groups excluding carboxylic acids is 1. The largest absolute Gasteiger partial charge is 0.487 e. The molecule has 1 aromatic carbocycles. The molecular formula is C22H23ClN4O2S. The number of hydrogen-bond acceptors (Lipinski definition) is 6. The Morgan fingerprint density at radius 1 is 1.27 bits per heavy atom. The van der Waals surface area contributed by atoms with Gasteiger partial charge in [0, 0.05) is 29.6 Å². The smallest absolute Gasteiger partial charge is 0.260 e. The van der Waals surface area contributed by atoms with Crippen molar-refractivity contribution in [1.82, 2.24) is 15.0 Å². The number of thioether (sulfide) groups is 1. The molecule has 0 saturated carbocycles. The van der Waals surface area contributed by atoms with Crippen LogP contribution in [0, 0.1) is 6.92 Å². The summed E-state index contributed by atoms with van der Waals surface area (Å²) in [5.41, 5.74) is 2.63. The molecule has 0 atom stereocenters. The van der Waals surface area contributed by atoms with Gasteiger partial charge in [-0.2, -0.15) is 0 Å². The fourth-order valence-electron chi connectivity index (χ4n) is 2.77. The molecule has 0 radical (unpaired) electrons. The average molecular weight is 443 g/mol. The highest BCUT2D eigenvalue weighted by molar-refractivity contribution is 7.98.